The van der Waals surface area contributed by atoms with Gasteiger partial charge in [-0.15, -0.1) is 0 Å². The molecule has 2 aromatic rings. The van der Waals surface area contributed by atoms with Crippen molar-refractivity contribution in [3.05, 3.63) is 41.3 Å². The zero-order chi connectivity index (χ0) is 18.2. The molecule has 0 bridgehead atoms. The van der Waals surface area contributed by atoms with Gasteiger partial charge in [0, 0.05) is 32.2 Å². The Bertz CT molecular complexity index is 786. The lowest BCUT2D eigenvalue weighted by Crippen LogP contribution is -2.48. The Morgan fingerprint density at radius 3 is 2.72 bits per heavy atom. The number of rotatable bonds is 3. The van der Waals surface area contributed by atoms with Gasteiger partial charge in [-0.2, -0.15) is 13.2 Å². The predicted octanol–water partition coefficient (Wildman–Crippen LogP) is 2.94. The minimum atomic E-state index is -4.42. The summed E-state index contributed by atoms with van der Waals surface area (Å²) in [6.45, 7) is 3.79. The van der Waals surface area contributed by atoms with Crippen molar-refractivity contribution in [2.24, 2.45) is 0 Å². The average molecular weight is 353 g/mol. The number of hydrogen-bond acceptors (Lipinski definition) is 4. The fourth-order valence-corrected chi connectivity index (χ4v) is 2.68. The van der Waals surface area contributed by atoms with Crippen LogP contribution in [-0.4, -0.2) is 47.4 Å². The van der Waals surface area contributed by atoms with Crippen LogP contribution in [0.3, 0.4) is 0 Å². The van der Waals surface area contributed by atoms with Gasteiger partial charge in [0.15, 0.2) is 0 Å². The van der Waals surface area contributed by atoms with Crippen LogP contribution in [0.1, 0.15) is 17.0 Å². The summed E-state index contributed by atoms with van der Waals surface area (Å²) in [4.78, 5) is 19.7. The number of alkyl halides is 3. The highest BCUT2D eigenvalue weighted by Crippen LogP contribution is 2.32. The Labute approximate surface area is 143 Å². The molecule has 0 aliphatic carbocycles. The van der Waals surface area contributed by atoms with E-state index in [-0.39, 0.29) is 17.4 Å². The van der Waals surface area contributed by atoms with E-state index >= 15 is 0 Å². The van der Waals surface area contributed by atoms with E-state index in [0.29, 0.717) is 37.6 Å². The molecular weight excluding hydrogens is 335 g/mol. The van der Waals surface area contributed by atoms with E-state index < -0.39 is 11.7 Å². The number of carbonyl (C=O) groups excluding carboxylic acids is 1. The van der Waals surface area contributed by atoms with E-state index in [0.717, 1.165) is 12.1 Å². The van der Waals surface area contributed by atoms with Crippen molar-refractivity contribution in [3.8, 4) is 11.5 Å². The topological polar surface area (TPSA) is 49.6 Å². The number of likely N-dealkylation sites (N-methyl/N-ethyl adjacent to an activating group) is 1. The summed E-state index contributed by atoms with van der Waals surface area (Å²) in [5, 5.41) is 0. The molecule has 5 nitrogen and oxygen atoms in total. The second kappa shape index (κ2) is 6.51. The van der Waals surface area contributed by atoms with Crippen LogP contribution >= 0.6 is 0 Å². The van der Waals surface area contributed by atoms with Crippen molar-refractivity contribution in [3.63, 3.8) is 0 Å². The Morgan fingerprint density at radius 2 is 2.04 bits per heavy atom. The van der Waals surface area contributed by atoms with E-state index in [1.807, 2.05) is 4.90 Å². The van der Waals surface area contributed by atoms with Gasteiger partial charge in [-0.25, -0.2) is 4.98 Å². The number of aromatic nitrogens is 1. The Kier molecular flexibility index (Phi) is 4.55. The molecule has 1 fully saturated rings. The van der Waals surface area contributed by atoms with Gasteiger partial charge in [-0.3, -0.25) is 9.69 Å². The van der Waals surface area contributed by atoms with Crippen molar-refractivity contribution in [2.45, 2.75) is 19.6 Å². The van der Waals surface area contributed by atoms with Crippen LogP contribution in [0.25, 0.3) is 11.5 Å². The number of nitrogens with zero attached hydrogens (tertiary/aromatic N) is 3. The number of hydrogen-bond donors (Lipinski definition) is 0. The van der Waals surface area contributed by atoms with Crippen LogP contribution in [0.15, 0.2) is 28.7 Å². The van der Waals surface area contributed by atoms with Gasteiger partial charge < -0.3 is 9.32 Å². The first-order valence-electron chi connectivity index (χ1n) is 7.84. The number of aryl methyl sites for hydroxylation is 1. The lowest BCUT2D eigenvalue weighted by Gasteiger charge is -2.31. The molecule has 1 amide bonds. The molecule has 0 N–H and O–H groups in total. The molecule has 0 saturated carbocycles. The molecule has 0 atom stereocenters. The van der Waals surface area contributed by atoms with Gasteiger partial charge in [-0.05, 0) is 25.1 Å². The maximum absolute atomic E-state index is 12.9. The van der Waals surface area contributed by atoms with Gasteiger partial charge in [-0.1, -0.05) is 6.07 Å². The SMILES string of the molecule is Cc1oc(-c2cccc(C(F)(F)F)c2)nc1CN1CCN(C)C(=O)C1. The molecule has 0 spiro atoms. The van der Waals surface area contributed by atoms with Crippen molar-refractivity contribution in [1.82, 2.24) is 14.8 Å². The standard InChI is InChI=1S/C17H18F3N3O2/c1-11-14(9-23-7-6-22(2)15(24)10-23)21-16(25-11)12-4-3-5-13(8-12)17(18,19)20/h3-5,8H,6-7,9-10H2,1-2H3. The van der Waals surface area contributed by atoms with Crippen LogP contribution in [0, 0.1) is 6.92 Å². The van der Waals surface area contributed by atoms with Crippen LogP contribution in [0.5, 0.6) is 0 Å². The molecule has 1 aromatic heterocycles. The summed E-state index contributed by atoms with van der Waals surface area (Å²) in [5.41, 5.74) is 0.162. The average Bonchev–Trinajstić information content (AvgIpc) is 2.91. The van der Waals surface area contributed by atoms with Gasteiger partial charge in [0.25, 0.3) is 0 Å². The zero-order valence-corrected chi connectivity index (χ0v) is 13.9. The molecule has 1 aliphatic heterocycles. The fraction of sp³-hybridized carbons (Fsp3) is 0.412. The predicted molar refractivity (Wildman–Crippen MR) is 84.6 cm³/mol. The third-order valence-electron chi connectivity index (χ3n) is 4.24. The summed E-state index contributed by atoms with van der Waals surface area (Å²) < 4.78 is 44.1. The van der Waals surface area contributed by atoms with Crippen molar-refractivity contribution in [1.29, 1.82) is 0 Å². The normalized spacial score (nSPS) is 16.5. The lowest BCUT2D eigenvalue weighted by atomic mass is 10.1. The smallest absolute Gasteiger partial charge is 0.416 e. The first-order valence-corrected chi connectivity index (χ1v) is 7.84. The fourth-order valence-electron chi connectivity index (χ4n) is 2.68. The molecule has 0 unspecified atom stereocenters. The highest BCUT2D eigenvalue weighted by atomic mass is 19.4. The van der Waals surface area contributed by atoms with Crippen molar-refractivity contribution in [2.75, 3.05) is 26.7 Å². The number of carbonyl (C=O) groups is 1. The monoisotopic (exact) mass is 353 g/mol. The molecule has 0 radical (unpaired) electrons. The summed E-state index contributed by atoms with van der Waals surface area (Å²) in [6.07, 6.45) is -4.42. The summed E-state index contributed by atoms with van der Waals surface area (Å²) in [5.74, 6) is 0.725. The van der Waals surface area contributed by atoms with Gasteiger partial charge in [0.05, 0.1) is 17.8 Å². The van der Waals surface area contributed by atoms with E-state index in [9.17, 15) is 18.0 Å². The van der Waals surface area contributed by atoms with Gasteiger partial charge in [0.2, 0.25) is 11.8 Å². The van der Waals surface area contributed by atoms with Crippen LogP contribution in [0.4, 0.5) is 13.2 Å². The first kappa shape index (κ1) is 17.5. The third kappa shape index (κ3) is 3.84. The molecule has 8 heteroatoms. The number of oxazole rings is 1. The molecule has 25 heavy (non-hydrogen) atoms. The van der Waals surface area contributed by atoms with Crippen molar-refractivity contribution < 1.29 is 22.4 Å². The summed E-state index contributed by atoms with van der Waals surface area (Å²) in [7, 11) is 1.76. The highest BCUT2D eigenvalue weighted by Gasteiger charge is 2.31. The van der Waals surface area contributed by atoms with E-state index in [1.54, 1.807) is 18.9 Å². The molecule has 1 aromatic carbocycles. The molecule has 1 aliphatic rings. The maximum atomic E-state index is 12.9. The largest absolute Gasteiger partial charge is 0.441 e. The zero-order valence-electron chi connectivity index (χ0n) is 13.9. The Balaban J connectivity index is 1.80. The highest BCUT2D eigenvalue weighted by molar-refractivity contribution is 5.78. The summed E-state index contributed by atoms with van der Waals surface area (Å²) in [6, 6.07) is 4.89. The maximum Gasteiger partial charge on any atom is 0.416 e. The quantitative estimate of drug-likeness (QED) is 0.851. The van der Waals surface area contributed by atoms with E-state index in [4.69, 9.17) is 4.42 Å². The minimum Gasteiger partial charge on any atom is -0.441 e. The molecule has 3 rings (SSSR count). The van der Waals surface area contributed by atoms with Crippen LogP contribution in [0.2, 0.25) is 0 Å². The molecule has 134 valence electrons. The van der Waals surface area contributed by atoms with Gasteiger partial charge in [0.1, 0.15) is 5.76 Å². The molecule has 2 heterocycles. The van der Waals surface area contributed by atoms with Crippen LogP contribution < -0.4 is 0 Å². The number of halogens is 3. The number of piperazine rings is 1. The van der Waals surface area contributed by atoms with Gasteiger partial charge >= 0.3 is 6.18 Å². The Hall–Kier alpha value is -2.35. The summed E-state index contributed by atoms with van der Waals surface area (Å²) >= 11 is 0. The molecule has 1 saturated heterocycles. The van der Waals surface area contributed by atoms with E-state index in [2.05, 4.69) is 4.98 Å². The number of benzene rings is 1. The third-order valence-corrected chi connectivity index (χ3v) is 4.24. The second-order valence-corrected chi connectivity index (χ2v) is 6.13. The lowest BCUT2D eigenvalue weighted by molar-refractivity contribution is -0.137. The van der Waals surface area contributed by atoms with E-state index in [1.165, 1.54) is 12.1 Å². The minimum absolute atomic E-state index is 0.0329. The first-order chi connectivity index (χ1) is 11.7. The second-order valence-electron chi connectivity index (χ2n) is 6.13. The molecular formula is C17H18F3N3O2. The Morgan fingerprint density at radius 1 is 1.28 bits per heavy atom. The number of amides is 1. The van der Waals surface area contributed by atoms with Crippen LogP contribution in [-0.2, 0) is 17.5 Å². The van der Waals surface area contributed by atoms with Crippen molar-refractivity contribution >= 4 is 5.91 Å².